The highest BCUT2D eigenvalue weighted by atomic mass is 35.5. The first kappa shape index (κ1) is 16.6. The van der Waals surface area contributed by atoms with E-state index in [0.29, 0.717) is 24.4 Å². The molecule has 1 fully saturated rings. The third kappa shape index (κ3) is 5.22. The Morgan fingerprint density at radius 2 is 1.95 bits per heavy atom. The maximum atomic E-state index is 11.8. The van der Waals surface area contributed by atoms with E-state index in [1.807, 2.05) is 24.3 Å². The number of amides is 2. The van der Waals surface area contributed by atoms with E-state index in [2.05, 4.69) is 10.6 Å². The fraction of sp³-hybridized carbons (Fsp3) is 0.500. The van der Waals surface area contributed by atoms with Gasteiger partial charge >= 0.3 is 12.0 Å². The van der Waals surface area contributed by atoms with Crippen LogP contribution < -0.4 is 10.6 Å². The Morgan fingerprint density at radius 3 is 2.59 bits per heavy atom. The second kappa shape index (κ2) is 8.03. The molecule has 5 nitrogen and oxygen atoms in total. The molecule has 0 saturated heterocycles. The van der Waals surface area contributed by atoms with Crippen molar-refractivity contribution in [1.82, 2.24) is 10.6 Å². The van der Waals surface area contributed by atoms with Crippen molar-refractivity contribution in [3.8, 4) is 0 Å². The van der Waals surface area contributed by atoms with E-state index in [1.165, 1.54) is 0 Å². The average molecular weight is 325 g/mol. The minimum absolute atomic E-state index is 0.0711. The van der Waals surface area contributed by atoms with Gasteiger partial charge in [-0.05, 0) is 49.8 Å². The lowest BCUT2D eigenvalue weighted by Crippen LogP contribution is -2.44. The molecule has 2 rings (SSSR count). The standard InChI is InChI=1S/C16H21ClN2O3/c17-13-3-1-2-11(10-13)8-9-18-16(22)19-14-6-4-12(5-7-14)15(20)21/h1-3,10,12,14H,4-9H2,(H,20,21)(H2,18,19,22). The van der Waals surface area contributed by atoms with Crippen LogP contribution in [0.4, 0.5) is 4.79 Å². The molecule has 1 aromatic rings. The lowest BCUT2D eigenvalue weighted by atomic mass is 9.86. The fourth-order valence-electron chi connectivity index (χ4n) is 2.73. The molecule has 0 aliphatic heterocycles. The maximum absolute atomic E-state index is 11.8. The zero-order chi connectivity index (χ0) is 15.9. The Balaban J connectivity index is 1.65. The average Bonchev–Trinajstić information content (AvgIpc) is 2.48. The molecule has 6 heteroatoms. The highest BCUT2D eigenvalue weighted by molar-refractivity contribution is 6.30. The Hall–Kier alpha value is -1.75. The molecule has 1 aliphatic carbocycles. The monoisotopic (exact) mass is 324 g/mol. The van der Waals surface area contributed by atoms with Gasteiger partial charge in [0.15, 0.2) is 0 Å². The van der Waals surface area contributed by atoms with Crippen LogP contribution in [0.25, 0.3) is 0 Å². The van der Waals surface area contributed by atoms with E-state index in [-0.39, 0.29) is 18.0 Å². The molecular weight excluding hydrogens is 304 g/mol. The van der Waals surface area contributed by atoms with Gasteiger partial charge in [0.05, 0.1) is 5.92 Å². The predicted molar refractivity (Wildman–Crippen MR) is 85.1 cm³/mol. The topological polar surface area (TPSA) is 78.4 Å². The van der Waals surface area contributed by atoms with Crippen LogP contribution in [0.15, 0.2) is 24.3 Å². The first-order valence-electron chi connectivity index (χ1n) is 7.56. The first-order chi connectivity index (χ1) is 10.5. The van der Waals surface area contributed by atoms with Gasteiger partial charge in [0.1, 0.15) is 0 Å². The highest BCUT2D eigenvalue weighted by Crippen LogP contribution is 2.24. The maximum Gasteiger partial charge on any atom is 0.315 e. The number of benzene rings is 1. The summed E-state index contributed by atoms with van der Waals surface area (Å²) in [5.41, 5.74) is 1.08. The minimum atomic E-state index is -0.732. The molecule has 0 atom stereocenters. The third-order valence-electron chi connectivity index (χ3n) is 4.00. The van der Waals surface area contributed by atoms with Crippen molar-refractivity contribution in [2.24, 2.45) is 5.92 Å². The van der Waals surface area contributed by atoms with Gasteiger partial charge in [-0.15, -0.1) is 0 Å². The van der Waals surface area contributed by atoms with E-state index in [1.54, 1.807) is 0 Å². The van der Waals surface area contributed by atoms with Crippen molar-refractivity contribution >= 4 is 23.6 Å². The molecule has 0 radical (unpaired) electrons. The van der Waals surface area contributed by atoms with E-state index in [4.69, 9.17) is 16.7 Å². The van der Waals surface area contributed by atoms with E-state index >= 15 is 0 Å². The number of carboxylic acids is 1. The molecule has 0 spiro atoms. The normalized spacial score (nSPS) is 21.1. The van der Waals surface area contributed by atoms with Crippen molar-refractivity contribution in [1.29, 1.82) is 0 Å². The lowest BCUT2D eigenvalue weighted by Gasteiger charge is -2.26. The van der Waals surface area contributed by atoms with Gasteiger partial charge < -0.3 is 15.7 Å². The summed E-state index contributed by atoms with van der Waals surface area (Å²) in [4.78, 5) is 22.7. The predicted octanol–water partition coefficient (Wildman–Crippen LogP) is 2.83. The smallest absolute Gasteiger partial charge is 0.315 e. The van der Waals surface area contributed by atoms with Gasteiger partial charge in [-0.1, -0.05) is 23.7 Å². The molecule has 2 amide bonds. The molecule has 1 aromatic carbocycles. The molecule has 0 unspecified atom stereocenters. The summed E-state index contributed by atoms with van der Waals surface area (Å²) in [6.07, 6.45) is 3.42. The van der Waals surface area contributed by atoms with Crippen molar-refractivity contribution in [3.05, 3.63) is 34.9 Å². The molecule has 0 bridgehead atoms. The van der Waals surface area contributed by atoms with Gasteiger partial charge in [0.2, 0.25) is 0 Å². The Labute approximate surface area is 135 Å². The molecule has 3 N–H and O–H groups in total. The third-order valence-corrected chi connectivity index (χ3v) is 4.23. The molecule has 0 aromatic heterocycles. The Morgan fingerprint density at radius 1 is 1.23 bits per heavy atom. The number of urea groups is 1. The van der Waals surface area contributed by atoms with Crippen molar-refractivity contribution in [2.75, 3.05) is 6.54 Å². The summed E-state index contributed by atoms with van der Waals surface area (Å²) < 4.78 is 0. The van der Waals surface area contributed by atoms with Gasteiger partial charge in [0.25, 0.3) is 0 Å². The molecule has 22 heavy (non-hydrogen) atoms. The van der Waals surface area contributed by atoms with E-state index in [0.717, 1.165) is 24.8 Å². The van der Waals surface area contributed by atoms with Gasteiger partial charge in [-0.25, -0.2) is 4.79 Å². The molecular formula is C16H21ClN2O3. The van der Waals surface area contributed by atoms with Crippen molar-refractivity contribution < 1.29 is 14.7 Å². The number of halogens is 1. The largest absolute Gasteiger partial charge is 0.481 e. The van der Waals surface area contributed by atoms with Crippen LogP contribution in [-0.4, -0.2) is 29.7 Å². The van der Waals surface area contributed by atoms with Crippen LogP contribution >= 0.6 is 11.6 Å². The number of carboxylic acid groups (broad SMARTS) is 1. The molecule has 1 saturated carbocycles. The quantitative estimate of drug-likeness (QED) is 0.779. The fourth-order valence-corrected chi connectivity index (χ4v) is 2.95. The summed E-state index contributed by atoms with van der Waals surface area (Å²) in [6.45, 7) is 0.538. The Bertz CT molecular complexity index is 528. The first-order valence-corrected chi connectivity index (χ1v) is 7.94. The number of hydrogen-bond donors (Lipinski definition) is 3. The second-order valence-electron chi connectivity index (χ2n) is 5.67. The summed E-state index contributed by atoms with van der Waals surface area (Å²) in [7, 11) is 0. The van der Waals surface area contributed by atoms with Crippen LogP contribution in [0.2, 0.25) is 5.02 Å². The number of aliphatic carboxylic acids is 1. The number of carbonyl (C=O) groups excluding carboxylic acids is 1. The van der Waals surface area contributed by atoms with Crippen LogP contribution in [0, 0.1) is 5.92 Å². The Kier molecular flexibility index (Phi) is 6.07. The van der Waals surface area contributed by atoms with Crippen molar-refractivity contribution in [3.63, 3.8) is 0 Å². The number of nitrogens with one attached hydrogen (secondary N) is 2. The molecule has 0 heterocycles. The summed E-state index contributed by atoms with van der Waals surface area (Å²) in [5.74, 6) is -0.992. The molecule has 120 valence electrons. The molecule has 1 aliphatic rings. The SMILES string of the molecule is O=C(NCCc1cccc(Cl)c1)NC1CCC(C(=O)O)CC1. The summed E-state index contributed by atoms with van der Waals surface area (Å²) in [5, 5.41) is 15.4. The zero-order valence-electron chi connectivity index (χ0n) is 12.3. The van der Waals surface area contributed by atoms with Crippen LogP contribution in [0.5, 0.6) is 0 Å². The zero-order valence-corrected chi connectivity index (χ0v) is 13.1. The van der Waals surface area contributed by atoms with Gasteiger partial charge in [0, 0.05) is 17.6 Å². The number of hydrogen-bond acceptors (Lipinski definition) is 2. The van der Waals surface area contributed by atoms with Crippen LogP contribution in [0.3, 0.4) is 0 Å². The van der Waals surface area contributed by atoms with E-state index in [9.17, 15) is 9.59 Å². The summed E-state index contributed by atoms with van der Waals surface area (Å²) in [6, 6.07) is 7.44. The van der Waals surface area contributed by atoms with Crippen LogP contribution in [0.1, 0.15) is 31.2 Å². The van der Waals surface area contributed by atoms with E-state index < -0.39 is 5.97 Å². The van der Waals surface area contributed by atoms with Gasteiger partial charge in [-0.2, -0.15) is 0 Å². The number of carbonyl (C=O) groups is 2. The minimum Gasteiger partial charge on any atom is -0.481 e. The van der Waals surface area contributed by atoms with Gasteiger partial charge in [-0.3, -0.25) is 4.79 Å². The van der Waals surface area contributed by atoms with Crippen molar-refractivity contribution in [2.45, 2.75) is 38.1 Å². The van der Waals surface area contributed by atoms with Crippen LogP contribution in [-0.2, 0) is 11.2 Å². The number of rotatable bonds is 5. The second-order valence-corrected chi connectivity index (χ2v) is 6.10. The highest BCUT2D eigenvalue weighted by Gasteiger charge is 2.26. The summed E-state index contributed by atoms with van der Waals surface area (Å²) >= 11 is 5.91. The lowest BCUT2D eigenvalue weighted by molar-refractivity contribution is -0.142.